The number of hydrogen-bond acceptors (Lipinski definition) is 4. The number of benzene rings is 2. The van der Waals surface area contributed by atoms with Gasteiger partial charge in [-0.3, -0.25) is 4.79 Å². The van der Waals surface area contributed by atoms with E-state index in [-0.39, 0.29) is 17.1 Å². The molecule has 1 heterocycles. The topological polar surface area (TPSA) is 72.7 Å². The SMILES string of the molecule is Cc1nnnn1-c1cccc(NC(=O)C2(c3ccc(F)cc3)CC2(C)C)c1. The molecule has 1 saturated carbocycles. The molecule has 27 heavy (non-hydrogen) atoms. The summed E-state index contributed by atoms with van der Waals surface area (Å²) in [7, 11) is 0. The van der Waals surface area contributed by atoms with E-state index in [0.29, 0.717) is 17.9 Å². The van der Waals surface area contributed by atoms with E-state index in [9.17, 15) is 9.18 Å². The maximum atomic E-state index is 13.3. The van der Waals surface area contributed by atoms with Crippen LogP contribution in [0.1, 0.15) is 31.7 Å². The van der Waals surface area contributed by atoms with E-state index in [1.54, 1.807) is 16.8 Å². The maximum absolute atomic E-state index is 13.3. The lowest BCUT2D eigenvalue weighted by Gasteiger charge is -2.21. The number of carbonyl (C=O) groups is 1. The molecule has 1 atom stereocenters. The van der Waals surface area contributed by atoms with Crippen LogP contribution in [0.3, 0.4) is 0 Å². The molecule has 2 aromatic carbocycles. The lowest BCUT2D eigenvalue weighted by Crippen LogP contribution is -2.32. The Kier molecular flexibility index (Phi) is 3.83. The third-order valence-electron chi connectivity index (χ3n) is 5.44. The fourth-order valence-electron chi connectivity index (χ4n) is 3.79. The highest BCUT2D eigenvalue weighted by molar-refractivity contribution is 6.02. The summed E-state index contributed by atoms with van der Waals surface area (Å²) < 4.78 is 14.9. The van der Waals surface area contributed by atoms with Gasteiger partial charge in [0, 0.05) is 5.69 Å². The molecule has 0 saturated heterocycles. The van der Waals surface area contributed by atoms with Gasteiger partial charge < -0.3 is 5.32 Å². The smallest absolute Gasteiger partial charge is 0.235 e. The number of amides is 1. The Balaban J connectivity index is 1.64. The summed E-state index contributed by atoms with van der Waals surface area (Å²) in [5, 5.41) is 14.5. The van der Waals surface area contributed by atoms with Crippen molar-refractivity contribution in [2.75, 3.05) is 5.32 Å². The molecule has 1 N–H and O–H groups in total. The van der Waals surface area contributed by atoms with E-state index < -0.39 is 5.41 Å². The van der Waals surface area contributed by atoms with E-state index in [2.05, 4.69) is 34.7 Å². The van der Waals surface area contributed by atoms with Crippen molar-refractivity contribution in [3.63, 3.8) is 0 Å². The van der Waals surface area contributed by atoms with Crippen molar-refractivity contribution in [1.29, 1.82) is 0 Å². The van der Waals surface area contributed by atoms with Crippen LogP contribution in [0.5, 0.6) is 0 Å². The third kappa shape index (κ3) is 2.79. The van der Waals surface area contributed by atoms with Gasteiger partial charge in [0.05, 0.1) is 11.1 Å². The zero-order valence-electron chi connectivity index (χ0n) is 15.4. The molecule has 1 amide bonds. The first-order valence-corrected chi connectivity index (χ1v) is 8.76. The molecule has 1 aliphatic rings. The zero-order chi connectivity index (χ0) is 19.2. The van der Waals surface area contributed by atoms with Crippen molar-refractivity contribution < 1.29 is 9.18 Å². The Morgan fingerprint density at radius 3 is 2.48 bits per heavy atom. The average molecular weight is 365 g/mol. The highest BCUT2D eigenvalue weighted by Gasteiger charge is 2.67. The molecule has 6 nitrogen and oxygen atoms in total. The van der Waals surface area contributed by atoms with Crippen LogP contribution in [0, 0.1) is 18.2 Å². The van der Waals surface area contributed by atoms with Gasteiger partial charge in [0.2, 0.25) is 5.91 Å². The first-order valence-electron chi connectivity index (χ1n) is 8.76. The molecule has 1 fully saturated rings. The number of anilines is 1. The maximum Gasteiger partial charge on any atom is 0.235 e. The first-order chi connectivity index (χ1) is 12.8. The van der Waals surface area contributed by atoms with E-state index in [0.717, 1.165) is 11.3 Å². The highest BCUT2D eigenvalue weighted by atomic mass is 19.1. The number of halogens is 1. The van der Waals surface area contributed by atoms with Crippen molar-refractivity contribution in [2.24, 2.45) is 5.41 Å². The van der Waals surface area contributed by atoms with Gasteiger partial charge in [-0.1, -0.05) is 32.0 Å². The molecule has 0 spiro atoms. The standard InChI is InChI=1S/C20H20FN5O/c1-13-23-24-25-26(13)17-6-4-5-16(11-17)22-18(27)20(12-19(20,2)3)14-7-9-15(21)10-8-14/h4-11H,12H2,1-3H3,(H,22,27). The van der Waals surface area contributed by atoms with Gasteiger partial charge in [0.25, 0.3) is 0 Å². The molecule has 1 aliphatic carbocycles. The van der Waals surface area contributed by atoms with Crippen LogP contribution in [0.15, 0.2) is 48.5 Å². The molecule has 0 radical (unpaired) electrons. The first kappa shape index (κ1) is 17.3. The minimum atomic E-state index is -0.665. The zero-order valence-corrected chi connectivity index (χ0v) is 15.4. The number of rotatable bonds is 4. The summed E-state index contributed by atoms with van der Waals surface area (Å²) in [6.07, 6.45) is 0.712. The normalized spacial score (nSPS) is 20.3. The van der Waals surface area contributed by atoms with E-state index in [1.807, 2.05) is 31.2 Å². The summed E-state index contributed by atoms with van der Waals surface area (Å²) in [4.78, 5) is 13.2. The van der Waals surface area contributed by atoms with E-state index in [4.69, 9.17) is 0 Å². The molecule has 7 heteroatoms. The second-order valence-corrected chi connectivity index (χ2v) is 7.62. The van der Waals surface area contributed by atoms with Gasteiger partial charge in [0.15, 0.2) is 5.82 Å². The number of aromatic nitrogens is 4. The predicted molar refractivity (Wildman–Crippen MR) is 99.0 cm³/mol. The Bertz CT molecular complexity index is 1010. The molecule has 0 bridgehead atoms. The van der Waals surface area contributed by atoms with Crippen LogP contribution in [-0.2, 0) is 10.2 Å². The number of aryl methyl sites for hydroxylation is 1. The van der Waals surface area contributed by atoms with Gasteiger partial charge in [-0.2, -0.15) is 4.68 Å². The van der Waals surface area contributed by atoms with Crippen molar-refractivity contribution >= 4 is 11.6 Å². The van der Waals surface area contributed by atoms with Crippen LogP contribution in [0.2, 0.25) is 0 Å². The lowest BCUT2D eigenvalue weighted by molar-refractivity contribution is -0.119. The number of carbonyl (C=O) groups excluding carboxylic acids is 1. The van der Waals surface area contributed by atoms with Gasteiger partial charge >= 0.3 is 0 Å². The predicted octanol–water partition coefficient (Wildman–Crippen LogP) is 3.42. The largest absolute Gasteiger partial charge is 0.325 e. The minimum Gasteiger partial charge on any atom is -0.325 e. The molecular formula is C20H20FN5O. The Labute approximate surface area is 156 Å². The molecule has 0 aliphatic heterocycles. The van der Waals surface area contributed by atoms with Gasteiger partial charge in [-0.25, -0.2) is 4.39 Å². The summed E-state index contributed by atoms with van der Waals surface area (Å²) in [5.41, 5.74) is 1.40. The summed E-state index contributed by atoms with van der Waals surface area (Å²) in [6, 6.07) is 13.6. The molecule has 138 valence electrons. The van der Waals surface area contributed by atoms with Crippen molar-refractivity contribution in [3.05, 3.63) is 65.7 Å². The molecule has 4 rings (SSSR count). The van der Waals surface area contributed by atoms with Crippen molar-refractivity contribution in [1.82, 2.24) is 20.2 Å². The average Bonchev–Trinajstić information content (AvgIpc) is 2.98. The summed E-state index contributed by atoms with van der Waals surface area (Å²) in [6.45, 7) is 5.91. The lowest BCUT2D eigenvalue weighted by atomic mass is 9.87. The Morgan fingerprint density at radius 2 is 1.89 bits per heavy atom. The fourth-order valence-corrected chi connectivity index (χ4v) is 3.79. The summed E-state index contributed by atoms with van der Waals surface area (Å²) in [5.74, 6) is 0.256. The van der Waals surface area contributed by atoms with Gasteiger partial charge in [-0.15, -0.1) is 5.10 Å². The Hall–Kier alpha value is -3.09. The molecule has 3 aromatic rings. The van der Waals surface area contributed by atoms with Gasteiger partial charge in [0.1, 0.15) is 5.82 Å². The number of hydrogen-bond donors (Lipinski definition) is 1. The van der Waals surface area contributed by atoms with Crippen LogP contribution in [0.25, 0.3) is 5.69 Å². The van der Waals surface area contributed by atoms with E-state index in [1.165, 1.54) is 12.1 Å². The van der Waals surface area contributed by atoms with Gasteiger partial charge in [-0.05, 0) is 65.1 Å². The van der Waals surface area contributed by atoms with Crippen LogP contribution >= 0.6 is 0 Å². The minimum absolute atomic E-state index is 0.0929. The summed E-state index contributed by atoms with van der Waals surface area (Å²) >= 11 is 0. The van der Waals surface area contributed by atoms with Crippen molar-refractivity contribution in [2.45, 2.75) is 32.6 Å². The van der Waals surface area contributed by atoms with E-state index >= 15 is 0 Å². The molecule has 1 aromatic heterocycles. The van der Waals surface area contributed by atoms with Crippen LogP contribution in [0.4, 0.5) is 10.1 Å². The second-order valence-electron chi connectivity index (χ2n) is 7.62. The highest BCUT2D eigenvalue weighted by Crippen LogP contribution is 2.64. The quantitative estimate of drug-likeness (QED) is 0.769. The second kappa shape index (κ2) is 5.97. The number of tetrazole rings is 1. The number of nitrogens with zero attached hydrogens (tertiary/aromatic N) is 4. The Morgan fingerprint density at radius 1 is 1.19 bits per heavy atom. The van der Waals surface area contributed by atoms with Crippen LogP contribution < -0.4 is 5.32 Å². The van der Waals surface area contributed by atoms with Crippen LogP contribution in [-0.4, -0.2) is 26.1 Å². The monoisotopic (exact) mass is 365 g/mol. The molecule has 1 unspecified atom stereocenters. The number of nitrogens with one attached hydrogen (secondary N) is 1. The molecular weight excluding hydrogens is 345 g/mol. The van der Waals surface area contributed by atoms with Crippen molar-refractivity contribution in [3.8, 4) is 5.69 Å². The fraction of sp³-hybridized carbons (Fsp3) is 0.300. The third-order valence-corrected chi connectivity index (χ3v) is 5.44.